The predicted octanol–water partition coefficient (Wildman–Crippen LogP) is 4.38. The number of thiazole rings is 1. The molecule has 0 aliphatic heterocycles. The van der Waals surface area contributed by atoms with Crippen LogP contribution in [0.15, 0.2) is 36.2 Å². The Morgan fingerprint density at radius 3 is 2.90 bits per heavy atom. The zero-order valence-corrected chi connectivity index (χ0v) is 11.7. The smallest absolute Gasteiger partial charge is 0.258 e. The number of nitro benzene ring substituents is 1. The van der Waals surface area contributed by atoms with Crippen LogP contribution in [-0.2, 0) is 0 Å². The normalized spacial score (nSPS) is 14.8. The molecule has 0 N–H and O–H groups in total. The number of nitrogens with zero attached hydrogens (tertiary/aromatic N) is 2. The monoisotopic (exact) mass is 286 g/mol. The van der Waals surface area contributed by atoms with E-state index in [1.165, 1.54) is 25.3 Å². The molecule has 5 heteroatoms. The summed E-state index contributed by atoms with van der Waals surface area (Å²) < 4.78 is 0. The van der Waals surface area contributed by atoms with Crippen molar-refractivity contribution in [2.75, 3.05) is 0 Å². The molecule has 102 valence electrons. The quantitative estimate of drug-likeness (QED) is 0.619. The molecule has 0 atom stereocenters. The van der Waals surface area contributed by atoms with Crippen molar-refractivity contribution in [2.24, 2.45) is 0 Å². The molecule has 1 aromatic heterocycles. The number of hydrogen-bond donors (Lipinski definition) is 0. The van der Waals surface area contributed by atoms with Crippen LogP contribution in [0.25, 0.3) is 5.57 Å². The summed E-state index contributed by atoms with van der Waals surface area (Å²) in [6.45, 7) is 4.04. The Balaban J connectivity index is 1.86. The van der Waals surface area contributed by atoms with Crippen molar-refractivity contribution in [3.63, 3.8) is 0 Å². The van der Waals surface area contributed by atoms with Gasteiger partial charge in [0.25, 0.3) is 5.69 Å². The number of nitro groups is 1. The van der Waals surface area contributed by atoms with E-state index in [2.05, 4.69) is 16.9 Å². The zero-order valence-electron chi connectivity index (χ0n) is 10.9. The molecule has 20 heavy (non-hydrogen) atoms. The average molecular weight is 286 g/mol. The van der Waals surface area contributed by atoms with Crippen LogP contribution in [0.2, 0.25) is 0 Å². The van der Waals surface area contributed by atoms with Crippen molar-refractivity contribution in [3.8, 4) is 0 Å². The van der Waals surface area contributed by atoms with Gasteiger partial charge in [-0.2, -0.15) is 0 Å². The van der Waals surface area contributed by atoms with Crippen LogP contribution in [0.4, 0.5) is 5.69 Å². The highest BCUT2D eigenvalue weighted by atomic mass is 32.1. The fourth-order valence-corrected chi connectivity index (χ4v) is 3.14. The van der Waals surface area contributed by atoms with Gasteiger partial charge >= 0.3 is 0 Å². The Morgan fingerprint density at radius 2 is 2.25 bits per heavy atom. The van der Waals surface area contributed by atoms with E-state index in [9.17, 15) is 10.1 Å². The first-order valence-electron chi connectivity index (χ1n) is 6.54. The molecular weight excluding hydrogens is 272 g/mol. The van der Waals surface area contributed by atoms with Crippen molar-refractivity contribution in [2.45, 2.75) is 25.2 Å². The van der Waals surface area contributed by atoms with Crippen molar-refractivity contribution >= 4 is 22.6 Å². The zero-order chi connectivity index (χ0) is 14.1. The van der Waals surface area contributed by atoms with E-state index in [1.54, 1.807) is 23.5 Å². The van der Waals surface area contributed by atoms with Crippen LogP contribution in [0.3, 0.4) is 0 Å². The van der Waals surface area contributed by atoms with E-state index in [-0.39, 0.29) is 5.69 Å². The van der Waals surface area contributed by atoms with E-state index in [1.807, 2.05) is 6.07 Å². The minimum absolute atomic E-state index is 0.0828. The van der Waals surface area contributed by atoms with Gasteiger partial charge in [-0.25, -0.2) is 4.98 Å². The highest BCUT2D eigenvalue weighted by Gasteiger charge is 2.22. The Bertz CT molecular complexity index is 674. The van der Waals surface area contributed by atoms with E-state index < -0.39 is 4.92 Å². The summed E-state index contributed by atoms with van der Waals surface area (Å²) in [5.41, 5.74) is 2.74. The lowest BCUT2D eigenvalue weighted by Gasteiger charge is -2.23. The second-order valence-corrected chi connectivity index (χ2v) is 5.85. The van der Waals surface area contributed by atoms with Gasteiger partial charge < -0.3 is 0 Å². The SMILES string of the molecule is C=C(c1cccc([N+](=O)[O-])c1)c1nc(C2CCC2)cs1. The van der Waals surface area contributed by atoms with Gasteiger partial charge in [0.05, 0.1) is 10.6 Å². The second kappa shape index (κ2) is 5.17. The third kappa shape index (κ3) is 2.36. The van der Waals surface area contributed by atoms with E-state index in [4.69, 9.17) is 0 Å². The van der Waals surface area contributed by atoms with E-state index >= 15 is 0 Å². The molecule has 0 bridgehead atoms. The second-order valence-electron chi connectivity index (χ2n) is 4.99. The highest BCUT2D eigenvalue weighted by molar-refractivity contribution is 7.10. The number of rotatable bonds is 4. The average Bonchev–Trinajstić information content (AvgIpc) is 2.85. The Hall–Kier alpha value is -2.01. The molecule has 1 heterocycles. The van der Waals surface area contributed by atoms with Crippen LogP contribution >= 0.6 is 11.3 Å². The fraction of sp³-hybridized carbons (Fsp3) is 0.267. The van der Waals surface area contributed by atoms with Crippen molar-refractivity contribution in [1.29, 1.82) is 0 Å². The van der Waals surface area contributed by atoms with Gasteiger partial charge in [-0.1, -0.05) is 25.1 Å². The standard InChI is InChI=1S/C15H14N2O2S/c1-10(12-6-3-7-13(8-12)17(18)19)15-16-14(9-20-15)11-4-2-5-11/h3,6-9,11H,1-2,4-5H2. The molecule has 1 aliphatic rings. The van der Waals surface area contributed by atoms with Gasteiger partial charge in [0.15, 0.2) is 0 Å². The molecule has 1 fully saturated rings. The van der Waals surface area contributed by atoms with Crippen molar-refractivity contribution in [1.82, 2.24) is 4.98 Å². The van der Waals surface area contributed by atoms with Gasteiger partial charge in [0.1, 0.15) is 5.01 Å². The van der Waals surface area contributed by atoms with E-state index in [0.29, 0.717) is 5.92 Å². The maximum Gasteiger partial charge on any atom is 0.270 e. The summed E-state index contributed by atoms with van der Waals surface area (Å²) in [6.07, 6.45) is 3.71. The molecule has 4 nitrogen and oxygen atoms in total. The Labute approximate surface area is 120 Å². The van der Waals surface area contributed by atoms with Gasteiger partial charge in [0, 0.05) is 29.0 Å². The van der Waals surface area contributed by atoms with Gasteiger partial charge in [-0.05, 0) is 18.4 Å². The summed E-state index contributed by atoms with van der Waals surface area (Å²) in [4.78, 5) is 15.1. The van der Waals surface area contributed by atoms with Crippen LogP contribution in [0.1, 0.15) is 41.4 Å². The molecule has 0 saturated heterocycles. The molecule has 0 amide bonds. The highest BCUT2D eigenvalue weighted by Crippen LogP contribution is 2.38. The summed E-state index contributed by atoms with van der Waals surface area (Å²) >= 11 is 1.56. The van der Waals surface area contributed by atoms with Gasteiger partial charge in [0.2, 0.25) is 0 Å². The molecule has 2 aromatic rings. The maximum absolute atomic E-state index is 10.8. The van der Waals surface area contributed by atoms with Gasteiger partial charge in [-0.15, -0.1) is 11.3 Å². The predicted molar refractivity (Wildman–Crippen MR) is 79.9 cm³/mol. The number of aromatic nitrogens is 1. The minimum atomic E-state index is -0.390. The largest absolute Gasteiger partial charge is 0.270 e. The molecule has 1 aliphatic carbocycles. The summed E-state index contributed by atoms with van der Waals surface area (Å²) in [6, 6.07) is 6.55. The lowest BCUT2D eigenvalue weighted by Crippen LogP contribution is -2.08. The third-order valence-corrected chi connectivity index (χ3v) is 4.63. The van der Waals surface area contributed by atoms with Crippen LogP contribution in [0.5, 0.6) is 0 Å². The van der Waals surface area contributed by atoms with Crippen LogP contribution in [0, 0.1) is 10.1 Å². The van der Waals surface area contributed by atoms with Crippen LogP contribution in [-0.4, -0.2) is 9.91 Å². The molecule has 3 rings (SSSR count). The summed E-state index contributed by atoms with van der Waals surface area (Å²) in [5.74, 6) is 0.595. The first-order chi connectivity index (χ1) is 9.65. The summed E-state index contributed by atoms with van der Waals surface area (Å²) in [5, 5.41) is 13.8. The van der Waals surface area contributed by atoms with Crippen molar-refractivity contribution < 1.29 is 4.92 Å². The molecule has 0 radical (unpaired) electrons. The number of hydrogen-bond acceptors (Lipinski definition) is 4. The topological polar surface area (TPSA) is 56.0 Å². The molecule has 0 spiro atoms. The minimum Gasteiger partial charge on any atom is -0.258 e. The van der Waals surface area contributed by atoms with Crippen LogP contribution < -0.4 is 0 Å². The first kappa shape index (κ1) is 13.0. The Morgan fingerprint density at radius 1 is 1.45 bits per heavy atom. The number of benzene rings is 1. The number of non-ortho nitro benzene ring substituents is 1. The first-order valence-corrected chi connectivity index (χ1v) is 7.42. The summed E-state index contributed by atoms with van der Waals surface area (Å²) in [7, 11) is 0. The fourth-order valence-electron chi connectivity index (χ4n) is 2.25. The molecular formula is C15H14N2O2S. The molecule has 1 aromatic carbocycles. The van der Waals surface area contributed by atoms with E-state index in [0.717, 1.165) is 21.8 Å². The third-order valence-electron chi connectivity index (χ3n) is 3.71. The lowest BCUT2D eigenvalue weighted by molar-refractivity contribution is -0.384. The lowest BCUT2D eigenvalue weighted by atomic mass is 9.83. The van der Waals surface area contributed by atoms with Gasteiger partial charge in [-0.3, -0.25) is 10.1 Å². The van der Waals surface area contributed by atoms with Crippen molar-refractivity contribution in [3.05, 3.63) is 62.6 Å². The Kier molecular flexibility index (Phi) is 3.36. The molecule has 0 unspecified atom stereocenters. The maximum atomic E-state index is 10.8. The molecule has 1 saturated carbocycles.